The fraction of sp³-hybridized carbons (Fsp3) is 0.533. The molecule has 1 atom stereocenters. The molecule has 1 amide bonds. The lowest BCUT2D eigenvalue weighted by atomic mass is 9.92. The third kappa shape index (κ3) is 3.53. The first-order valence-electron chi connectivity index (χ1n) is 6.72. The summed E-state index contributed by atoms with van der Waals surface area (Å²) in [4.78, 5) is 12.1. The van der Waals surface area contributed by atoms with Crippen LogP contribution in [0.5, 0.6) is 0 Å². The minimum Gasteiger partial charge on any atom is -0.381 e. The van der Waals surface area contributed by atoms with Crippen molar-refractivity contribution in [2.45, 2.75) is 32.7 Å². The number of hydrogen-bond acceptors (Lipinski definition) is 2. The number of aryl methyl sites for hydroxylation is 1. The highest BCUT2D eigenvalue weighted by atomic mass is 19.1. The van der Waals surface area contributed by atoms with Gasteiger partial charge in [0.15, 0.2) is 0 Å². The first kappa shape index (κ1) is 14.0. The Morgan fingerprint density at radius 2 is 2.11 bits per heavy atom. The van der Waals surface area contributed by atoms with E-state index in [0.717, 1.165) is 26.1 Å². The van der Waals surface area contributed by atoms with Gasteiger partial charge in [-0.2, -0.15) is 0 Å². The number of benzene rings is 1. The molecule has 0 radical (unpaired) electrons. The van der Waals surface area contributed by atoms with Crippen molar-refractivity contribution in [2.24, 2.45) is 5.92 Å². The molecular formula is C15H20FNO2. The van der Waals surface area contributed by atoms with E-state index >= 15 is 0 Å². The normalized spacial score (nSPS) is 18.1. The molecule has 1 N–H and O–H groups in total. The number of ether oxygens (including phenoxy) is 1. The van der Waals surface area contributed by atoms with Gasteiger partial charge in [0.2, 0.25) is 0 Å². The summed E-state index contributed by atoms with van der Waals surface area (Å²) in [7, 11) is 0. The Hall–Kier alpha value is -1.42. The first-order chi connectivity index (χ1) is 9.08. The standard InChI is InChI=1S/C15H20FNO2/c1-10-9-13(3-4-14(10)16)15(18)17-11(2)12-5-7-19-8-6-12/h3-4,9,11-12H,5-8H2,1-2H3,(H,17,18). The number of amides is 1. The van der Waals surface area contributed by atoms with Gasteiger partial charge in [-0.15, -0.1) is 0 Å². The average molecular weight is 265 g/mol. The second kappa shape index (κ2) is 6.15. The Bertz CT molecular complexity index is 455. The largest absolute Gasteiger partial charge is 0.381 e. The van der Waals surface area contributed by atoms with Gasteiger partial charge < -0.3 is 10.1 Å². The molecular weight excluding hydrogens is 245 g/mol. The number of hydrogen-bond donors (Lipinski definition) is 1. The molecule has 1 aromatic rings. The zero-order valence-corrected chi connectivity index (χ0v) is 11.4. The van der Waals surface area contributed by atoms with E-state index in [-0.39, 0.29) is 17.8 Å². The molecule has 2 rings (SSSR count). The maximum atomic E-state index is 13.2. The number of carbonyl (C=O) groups excluding carboxylic acids is 1. The van der Waals surface area contributed by atoms with Crippen molar-refractivity contribution in [3.05, 3.63) is 35.1 Å². The van der Waals surface area contributed by atoms with Crippen LogP contribution in [0.4, 0.5) is 4.39 Å². The molecule has 1 aliphatic heterocycles. The number of nitrogens with one attached hydrogen (secondary N) is 1. The van der Waals surface area contributed by atoms with Crippen molar-refractivity contribution >= 4 is 5.91 Å². The van der Waals surface area contributed by atoms with Crippen molar-refractivity contribution in [2.75, 3.05) is 13.2 Å². The molecule has 0 aliphatic carbocycles. The van der Waals surface area contributed by atoms with Gasteiger partial charge in [-0.25, -0.2) is 4.39 Å². The summed E-state index contributed by atoms with van der Waals surface area (Å²) in [6, 6.07) is 4.56. The zero-order chi connectivity index (χ0) is 13.8. The van der Waals surface area contributed by atoms with Crippen LogP contribution < -0.4 is 5.32 Å². The van der Waals surface area contributed by atoms with Gasteiger partial charge in [-0.3, -0.25) is 4.79 Å². The second-order valence-corrected chi connectivity index (χ2v) is 5.18. The SMILES string of the molecule is Cc1cc(C(=O)NC(C)C2CCOCC2)ccc1F. The molecule has 1 aliphatic rings. The maximum absolute atomic E-state index is 13.2. The van der Waals surface area contributed by atoms with Crippen molar-refractivity contribution in [1.82, 2.24) is 5.32 Å². The Kier molecular flexibility index (Phi) is 4.53. The molecule has 4 heteroatoms. The fourth-order valence-electron chi connectivity index (χ4n) is 2.41. The highest BCUT2D eigenvalue weighted by Crippen LogP contribution is 2.19. The molecule has 1 fully saturated rings. The van der Waals surface area contributed by atoms with E-state index in [4.69, 9.17) is 4.74 Å². The van der Waals surface area contributed by atoms with Crippen LogP contribution in [-0.4, -0.2) is 25.2 Å². The summed E-state index contributed by atoms with van der Waals surface area (Å²) < 4.78 is 18.5. The molecule has 19 heavy (non-hydrogen) atoms. The van der Waals surface area contributed by atoms with Crippen LogP contribution in [0.2, 0.25) is 0 Å². The molecule has 3 nitrogen and oxygen atoms in total. The maximum Gasteiger partial charge on any atom is 0.251 e. The summed E-state index contributed by atoms with van der Waals surface area (Å²) in [5, 5.41) is 3.00. The molecule has 1 saturated heterocycles. The van der Waals surface area contributed by atoms with Gasteiger partial charge in [0.05, 0.1) is 0 Å². The minimum absolute atomic E-state index is 0.113. The van der Waals surface area contributed by atoms with Crippen molar-refractivity contribution < 1.29 is 13.9 Å². The van der Waals surface area contributed by atoms with Crippen LogP contribution in [0.3, 0.4) is 0 Å². The lowest BCUT2D eigenvalue weighted by molar-refractivity contribution is 0.0538. The minimum atomic E-state index is -0.283. The van der Waals surface area contributed by atoms with Crippen LogP contribution in [0.1, 0.15) is 35.7 Å². The van der Waals surface area contributed by atoms with E-state index in [1.165, 1.54) is 12.1 Å². The summed E-state index contributed by atoms with van der Waals surface area (Å²) in [6.07, 6.45) is 1.95. The molecule has 0 saturated carbocycles. The summed E-state index contributed by atoms with van der Waals surface area (Å²) in [6.45, 7) is 5.21. The molecule has 104 valence electrons. The molecule has 0 bridgehead atoms. The molecule has 1 unspecified atom stereocenters. The van der Waals surface area contributed by atoms with Crippen molar-refractivity contribution in [3.63, 3.8) is 0 Å². The van der Waals surface area contributed by atoms with E-state index in [0.29, 0.717) is 17.0 Å². The second-order valence-electron chi connectivity index (χ2n) is 5.18. The van der Waals surface area contributed by atoms with Crippen LogP contribution in [0, 0.1) is 18.7 Å². The Labute approximate surface area is 113 Å². The molecule has 1 aromatic carbocycles. The summed E-state index contributed by atoms with van der Waals surface area (Å²) >= 11 is 0. The van der Waals surface area contributed by atoms with Crippen LogP contribution in [-0.2, 0) is 4.74 Å². The topological polar surface area (TPSA) is 38.3 Å². The Balaban J connectivity index is 1.97. The van der Waals surface area contributed by atoms with Gasteiger partial charge in [-0.05, 0) is 56.4 Å². The Morgan fingerprint density at radius 3 is 2.74 bits per heavy atom. The number of rotatable bonds is 3. The van der Waals surface area contributed by atoms with Crippen molar-refractivity contribution in [3.8, 4) is 0 Å². The predicted octanol–water partition coefficient (Wildman–Crippen LogP) is 2.68. The van der Waals surface area contributed by atoms with Crippen LogP contribution in [0.15, 0.2) is 18.2 Å². The lowest BCUT2D eigenvalue weighted by Crippen LogP contribution is -2.40. The third-order valence-electron chi connectivity index (χ3n) is 3.75. The van der Waals surface area contributed by atoms with Crippen LogP contribution >= 0.6 is 0 Å². The van der Waals surface area contributed by atoms with E-state index < -0.39 is 0 Å². The zero-order valence-electron chi connectivity index (χ0n) is 11.4. The predicted molar refractivity (Wildman–Crippen MR) is 71.6 cm³/mol. The van der Waals surface area contributed by atoms with Gasteiger partial charge >= 0.3 is 0 Å². The molecule has 0 aromatic heterocycles. The van der Waals surface area contributed by atoms with Gasteiger partial charge in [0.25, 0.3) is 5.91 Å². The third-order valence-corrected chi connectivity index (χ3v) is 3.75. The summed E-state index contributed by atoms with van der Waals surface area (Å²) in [5.74, 6) is 0.0374. The summed E-state index contributed by atoms with van der Waals surface area (Å²) in [5.41, 5.74) is 1.00. The quantitative estimate of drug-likeness (QED) is 0.912. The average Bonchev–Trinajstić information content (AvgIpc) is 2.42. The van der Waals surface area contributed by atoms with Gasteiger partial charge in [-0.1, -0.05) is 0 Å². The first-order valence-corrected chi connectivity index (χ1v) is 6.72. The highest BCUT2D eigenvalue weighted by Gasteiger charge is 2.22. The number of carbonyl (C=O) groups is 1. The monoisotopic (exact) mass is 265 g/mol. The molecule has 1 heterocycles. The smallest absolute Gasteiger partial charge is 0.251 e. The number of halogens is 1. The van der Waals surface area contributed by atoms with E-state index in [1.54, 1.807) is 13.0 Å². The van der Waals surface area contributed by atoms with Crippen LogP contribution in [0.25, 0.3) is 0 Å². The highest BCUT2D eigenvalue weighted by molar-refractivity contribution is 5.94. The Morgan fingerprint density at radius 1 is 1.42 bits per heavy atom. The fourth-order valence-corrected chi connectivity index (χ4v) is 2.41. The van der Waals surface area contributed by atoms with Crippen molar-refractivity contribution in [1.29, 1.82) is 0 Å². The lowest BCUT2D eigenvalue weighted by Gasteiger charge is -2.28. The van der Waals surface area contributed by atoms with Gasteiger partial charge in [0.1, 0.15) is 5.82 Å². The van der Waals surface area contributed by atoms with Gasteiger partial charge in [0, 0.05) is 24.8 Å². The van der Waals surface area contributed by atoms with E-state index in [1.807, 2.05) is 6.92 Å². The van der Waals surface area contributed by atoms with E-state index in [9.17, 15) is 9.18 Å². The van der Waals surface area contributed by atoms with E-state index in [2.05, 4.69) is 5.32 Å². The molecule has 0 spiro atoms.